The molecule has 1 aliphatic heterocycles. The van der Waals surface area contributed by atoms with E-state index < -0.39 is 17.5 Å². The van der Waals surface area contributed by atoms with Crippen LogP contribution in [-0.2, 0) is 6.54 Å². The van der Waals surface area contributed by atoms with Crippen LogP contribution in [0.4, 0.5) is 18.9 Å². The summed E-state index contributed by atoms with van der Waals surface area (Å²) < 4.78 is 40.9. The standard InChI is InChI=1S/C22H26F3N3S/c1-4-5-15-6-8-28(9-7-15)22(21-20(26-3)14(2)13-29-21)27-12-16-10-18(24)19(25)11-17(16)23/h10-11,13,15H,3-9,12H2,1-2H3. The predicted molar refractivity (Wildman–Crippen MR) is 114 cm³/mol. The molecule has 29 heavy (non-hydrogen) atoms. The molecule has 0 bridgehead atoms. The van der Waals surface area contributed by atoms with Crippen LogP contribution < -0.4 is 0 Å². The fourth-order valence-corrected chi connectivity index (χ4v) is 4.84. The molecule has 0 saturated carbocycles. The lowest BCUT2D eigenvalue weighted by Gasteiger charge is -2.34. The van der Waals surface area contributed by atoms with Crippen LogP contribution in [0.25, 0.3) is 0 Å². The number of likely N-dealkylation sites (tertiary alicyclic amines) is 1. The topological polar surface area (TPSA) is 28.0 Å². The Bertz CT molecular complexity index is 899. The van der Waals surface area contributed by atoms with E-state index in [9.17, 15) is 13.2 Å². The lowest BCUT2D eigenvalue weighted by atomic mass is 9.92. The van der Waals surface area contributed by atoms with Crippen molar-refractivity contribution >= 4 is 29.6 Å². The molecule has 1 aliphatic rings. The number of nitrogens with zero attached hydrogens (tertiary/aromatic N) is 3. The van der Waals surface area contributed by atoms with E-state index in [0.717, 1.165) is 54.0 Å². The first-order chi connectivity index (χ1) is 13.9. The summed E-state index contributed by atoms with van der Waals surface area (Å²) in [5.74, 6) is -1.62. The van der Waals surface area contributed by atoms with Crippen molar-refractivity contribution in [1.29, 1.82) is 0 Å². The lowest BCUT2D eigenvalue weighted by Crippen LogP contribution is -2.38. The molecule has 1 aromatic heterocycles. The number of hydrogen-bond donors (Lipinski definition) is 0. The fraction of sp³-hybridized carbons (Fsp3) is 0.455. The SMILES string of the molecule is C=Nc1c(C)csc1C(=NCc1cc(F)c(F)cc1F)N1CCC(CCC)CC1. The highest BCUT2D eigenvalue weighted by molar-refractivity contribution is 7.13. The number of amidine groups is 1. The summed E-state index contributed by atoms with van der Waals surface area (Å²) in [6, 6.07) is 1.45. The Balaban J connectivity index is 1.92. The van der Waals surface area contributed by atoms with E-state index in [4.69, 9.17) is 0 Å². The van der Waals surface area contributed by atoms with Gasteiger partial charge in [-0.05, 0) is 49.4 Å². The summed E-state index contributed by atoms with van der Waals surface area (Å²) in [5.41, 5.74) is 1.81. The molecule has 1 saturated heterocycles. The smallest absolute Gasteiger partial charge is 0.161 e. The van der Waals surface area contributed by atoms with Crippen molar-refractivity contribution in [3.8, 4) is 0 Å². The average molecular weight is 422 g/mol. The molecule has 0 atom stereocenters. The Morgan fingerprint density at radius 1 is 1.17 bits per heavy atom. The maximum Gasteiger partial charge on any atom is 0.161 e. The van der Waals surface area contributed by atoms with Crippen molar-refractivity contribution < 1.29 is 13.2 Å². The van der Waals surface area contributed by atoms with Gasteiger partial charge in [0.25, 0.3) is 0 Å². The van der Waals surface area contributed by atoms with Gasteiger partial charge in [0.2, 0.25) is 0 Å². The van der Waals surface area contributed by atoms with Crippen molar-refractivity contribution in [2.24, 2.45) is 15.9 Å². The van der Waals surface area contributed by atoms with Crippen LogP contribution in [-0.4, -0.2) is 30.5 Å². The van der Waals surface area contributed by atoms with Gasteiger partial charge in [0.15, 0.2) is 11.6 Å². The Morgan fingerprint density at radius 3 is 2.52 bits per heavy atom. The summed E-state index contributed by atoms with van der Waals surface area (Å²) in [5, 5.41) is 2.00. The molecular formula is C22H26F3N3S. The maximum absolute atomic E-state index is 14.1. The monoisotopic (exact) mass is 421 g/mol. The first-order valence-electron chi connectivity index (χ1n) is 9.92. The van der Waals surface area contributed by atoms with Crippen molar-refractivity contribution in [3.05, 3.63) is 51.0 Å². The largest absolute Gasteiger partial charge is 0.356 e. The molecule has 0 amide bonds. The number of aryl methyl sites for hydroxylation is 1. The molecule has 0 radical (unpaired) electrons. The minimum absolute atomic E-state index is 0.0312. The Hall–Kier alpha value is -2.15. The highest BCUT2D eigenvalue weighted by Gasteiger charge is 2.25. The number of thiophene rings is 1. The number of benzene rings is 1. The highest BCUT2D eigenvalue weighted by Crippen LogP contribution is 2.33. The number of aliphatic imine (C=N–C) groups is 2. The molecule has 0 aliphatic carbocycles. The van der Waals surface area contributed by atoms with Gasteiger partial charge in [0.05, 0.1) is 17.1 Å². The van der Waals surface area contributed by atoms with Gasteiger partial charge in [-0.2, -0.15) is 0 Å². The second kappa shape index (κ2) is 9.57. The van der Waals surface area contributed by atoms with Gasteiger partial charge in [-0.3, -0.25) is 9.98 Å². The molecule has 2 aromatic rings. The van der Waals surface area contributed by atoms with Crippen LogP contribution in [0.3, 0.4) is 0 Å². The quantitative estimate of drug-likeness (QED) is 0.307. The number of piperidine rings is 1. The van der Waals surface area contributed by atoms with Crippen molar-refractivity contribution in [2.75, 3.05) is 13.1 Å². The van der Waals surface area contributed by atoms with E-state index in [2.05, 4.69) is 28.5 Å². The molecular weight excluding hydrogens is 395 g/mol. The maximum atomic E-state index is 14.1. The van der Waals surface area contributed by atoms with Crippen LogP contribution >= 0.6 is 11.3 Å². The molecule has 0 unspecified atom stereocenters. The van der Waals surface area contributed by atoms with E-state index >= 15 is 0 Å². The van der Waals surface area contributed by atoms with E-state index in [1.165, 1.54) is 24.2 Å². The third-order valence-corrected chi connectivity index (χ3v) is 6.49. The molecule has 7 heteroatoms. The Labute approximate surface area is 174 Å². The number of halogens is 3. The zero-order valence-electron chi connectivity index (χ0n) is 16.9. The van der Waals surface area contributed by atoms with Crippen LogP contribution in [0, 0.1) is 30.3 Å². The second-order valence-electron chi connectivity index (χ2n) is 7.47. The van der Waals surface area contributed by atoms with Crippen LogP contribution in [0.5, 0.6) is 0 Å². The van der Waals surface area contributed by atoms with Gasteiger partial charge >= 0.3 is 0 Å². The van der Waals surface area contributed by atoms with Gasteiger partial charge < -0.3 is 4.90 Å². The third-order valence-electron chi connectivity index (χ3n) is 5.40. The summed E-state index contributed by atoms with van der Waals surface area (Å²) in [7, 11) is 0. The lowest BCUT2D eigenvalue weighted by molar-refractivity contribution is 0.255. The van der Waals surface area contributed by atoms with E-state index in [1.54, 1.807) is 0 Å². The second-order valence-corrected chi connectivity index (χ2v) is 8.35. The Kier molecular flexibility index (Phi) is 7.11. The number of rotatable bonds is 6. The van der Waals surface area contributed by atoms with Crippen LogP contribution in [0.2, 0.25) is 0 Å². The van der Waals surface area contributed by atoms with Crippen LogP contribution in [0.15, 0.2) is 27.5 Å². The molecule has 3 rings (SSSR count). The zero-order valence-corrected chi connectivity index (χ0v) is 17.7. The molecule has 156 valence electrons. The minimum Gasteiger partial charge on any atom is -0.356 e. The van der Waals surface area contributed by atoms with E-state index in [-0.39, 0.29) is 12.1 Å². The molecule has 1 aromatic carbocycles. The first-order valence-corrected chi connectivity index (χ1v) is 10.8. The van der Waals surface area contributed by atoms with Gasteiger partial charge in [0.1, 0.15) is 11.7 Å². The molecule has 0 spiro atoms. The normalized spacial score (nSPS) is 15.8. The van der Waals surface area contributed by atoms with Gasteiger partial charge in [-0.1, -0.05) is 19.8 Å². The van der Waals surface area contributed by atoms with Crippen molar-refractivity contribution in [1.82, 2.24) is 4.90 Å². The summed E-state index contributed by atoms with van der Waals surface area (Å²) in [6.45, 7) is 9.49. The molecule has 1 fully saturated rings. The van der Waals surface area contributed by atoms with Gasteiger partial charge in [0, 0.05) is 24.7 Å². The number of hydrogen-bond acceptors (Lipinski definition) is 3. The van der Waals surface area contributed by atoms with Crippen molar-refractivity contribution in [3.63, 3.8) is 0 Å². The van der Waals surface area contributed by atoms with E-state index in [0.29, 0.717) is 12.0 Å². The van der Waals surface area contributed by atoms with Crippen LogP contribution in [0.1, 0.15) is 48.6 Å². The summed E-state index contributed by atoms with van der Waals surface area (Å²) in [4.78, 5) is 11.9. The Morgan fingerprint density at radius 2 is 1.86 bits per heavy atom. The first kappa shape index (κ1) is 21.6. The average Bonchev–Trinajstić information content (AvgIpc) is 3.07. The summed E-state index contributed by atoms with van der Waals surface area (Å²) >= 11 is 1.52. The van der Waals surface area contributed by atoms with Gasteiger partial charge in [-0.25, -0.2) is 13.2 Å². The predicted octanol–water partition coefficient (Wildman–Crippen LogP) is 6.26. The molecule has 0 N–H and O–H groups in total. The highest BCUT2D eigenvalue weighted by atomic mass is 32.1. The molecule has 2 heterocycles. The third kappa shape index (κ3) is 4.89. The molecule has 3 nitrogen and oxygen atoms in total. The fourth-order valence-electron chi connectivity index (χ4n) is 3.80. The zero-order chi connectivity index (χ0) is 21.0. The van der Waals surface area contributed by atoms with Gasteiger partial charge in [-0.15, -0.1) is 11.3 Å². The van der Waals surface area contributed by atoms with E-state index in [1.807, 2.05) is 12.3 Å². The summed E-state index contributed by atoms with van der Waals surface area (Å²) in [6.07, 6.45) is 4.55. The van der Waals surface area contributed by atoms with Crippen molar-refractivity contribution in [2.45, 2.75) is 46.1 Å². The minimum atomic E-state index is -1.19.